The molecule has 1 saturated heterocycles. The molecule has 18 heavy (non-hydrogen) atoms. The van der Waals surface area contributed by atoms with Crippen molar-refractivity contribution in [1.82, 2.24) is 5.32 Å². The third-order valence-electron chi connectivity index (χ3n) is 3.34. The zero-order valence-corrected chi connectivity index (χ0v) is 10.5. The van der Waals surface area contributed by atoms with Crippen LogP contribution in [0.1, 0.15) is 30.1 Å². The van der Waals surface area contributed by atoms with Gasteiger partial charge in [0.25, 0.3) is 5.91 Å². The van der Waals surface area contributed by atoms with Gasteiger partial charge in [-0.2, -0.15) is 0 Å². The van der Waals surface area contributed by atoms with Gasteiger partial charge in [0.05, 0.1) is 11.3 Å². The predicted octanol–water partition coefficient (Wildman–Crippen LogP) is 1.27. The van der Waals surface area contributed by atoms with Crippen molar-refractivity contribution in [2.45, 2.75) is 25.3 Å². The molecule has 0 radical (unpaired) electrons. The second-order valence-corrected chi connectivity index (χ2v) is 4.82. The van der Waals surface area contributed by atoms with Gasteiger partial charge in [-0.05, 0) is 31.9 Å². The lowest BCUT2D eigenvalue weighted by Gasteiger charge is -2.34. The van der Waals surface area contributed by atoms with Crippen LogP contribution in [0.5, 0.6) is 0 Å². The Balaban J connectivity index is 2.11. The van der Waals surface area contributed by atoms with Crippen LogP contribution in [0.25, 0.3) is 0 Å². The molecule has 0 bridgehead atoms. The van der Waals surface area contributed by atoms with Crippen molar-refractivity contribution in [3.05, 3.63) is 29.8 Å². The third kappa shape index (κ3) is 2.80. The largest absolute Gasteiger partial charge is 0.381 e. The molecule has 1 aliphatic heterocycles. The fourth-order valence-electron chi connectivity index (χ4n) is 2.10. The van der Waals surface area contributed by atoms with Crippen LogP contribution in [0, 0.1) is 0 Å². The minimum absolute atomic E-state index is 0.104. The second-order valence-electron chi connectivity index (χ2n) is 4.82. The number of nitrogens with two attached hydrogens (primary N) is 1. The smallest absolute Gasteiger partial charge is 0.253 e. The molecule has 0 unspecified atom stereocenters. The minimum atomic E-state index is -0.197. The fraction of sp³-hybridized carbons (Fsp3) is 0.462. The van der Waals surface area contributed by atoms with Crippen LogP contribution in [0.3, 0.4) is 0 Å². The van der Waals surface area contributed by atoms with Gasteiger partial charge < -0.3 is 15.5 Å². The van der Waals surface area contributed by atoms with Gasteiger partial charge in [-0.15, -0.1) is 0 Å². The number of nitrogen functional groups attached to an aromatic ring is 1. The number of rotatable bonds is 3. The normalized spacial score (nSPS) is 18.1. The lowest BCUT2D eigenvalue weighted by Crippen LogP contribution is -2.49. The maximum Gasteiger partial charge on any atom is 0.253 e. The van der Waals surface area contributed by atoms with Crippen molar-refractivity contribution in [1.29, 1.82) is 0 Å². The molecule has 0 saturated carbocycles. The Morgan fingerprint density at radius 1 is 1.33 bits per heavy atom. The van der Waals surface area contributed by atoms with Crippen LogP contribution in [-0.2, 0) is 4.74 Å². The summed E-state index contributed by atoms with van der Waals surface area (Å²) in [5.41, 5.74) is 3.54. The van der Waals surface area contributed by atoms with Gasteiger partial charge in [-0.25, -0.2) is 0 Å². The molecule has 2 rings (SSSR count). The number of amides is 1. The first-order valence-corrected chi connectivity index (χ1v) is 6.10. The van der Waals surface area contributed by atoms with E-state index in [0.29, 0.717) is 24.5 Å². The summed E-state index contributed by atoms with van der Waals surface area (Å²) in [6, 6.07) is 7.19. The number of anilines is 1. The number of hydrogen-bond acceptors (Lipinski definition) is 4. The highest BCUT2D eigenvalue weighted by Gasteiger charge is 2.29. The lowest BCUT2D eigenvalue weighted by atomic mass is 9.92. The Bertz CT molecular complexity index is 428. The third-order valence-corrected chi connectivity index (χ3v) is 3.34. The van der Waals surface area contributed by atoms with Crippen molar-refractivity contribution in [2.75, 3.05) is 18.6 Å². The molecular formula is C13H19N3O2. The molecule has 98 valence electrons. The zero-order valence-electron chi connectivity index (χ0n) is 10.5. The molecule has 1 aromatic rings. The highest BCUT2D eigenvalue weighted by Crippen LogP contribution is 2.21. The summed E-state index contributed by atoms with van der Waals surface area (Å²) in [5, 5.41) is 3.07. The van der Waals surface area contributed by atoms with Gasteiger partial charge in [-0.3, -0.25) is 10.6 Å². The van der Waals surface area contributed by atoms with Crippen LogP contribution < -0.4 is 16.6 Å². The second kappa shape index (κ2) is 5.37. The summed E-state index contributed by atoms with van der Waals surface area (Å²) >= 11 is 0. The van der Waals surface area contributed by atoms with Crippen molar-refractivity contribution in [3.63, 3.8) is 0 Å². The van der Waals surface area contributed by atoms with E-state index in [0.717, 1.165) is 12.8 Å². The van der Waals surface area contributed by atoms with Gasteiger partial charge in [0.2, 0.25) is 0 Å². The summed E-state index contributed by atoms with van der Waals surface area (Å²) in [5.74, 6) is 5.30. The molecule has 1 aromatic carbocycles. The van der Waals surface area contributed by atoms with Crippen LogP contribution in [-0.4, -0.2) is 24.7 Å². The van der Waals surface area contributed by atoms with E-state index in [-0.39, 0.29) is 11.4 Å². The molecule has 4 N–H and O–H groups in total. The van der Waals surface area contributed by atoms with E-state index in [1.807, 2.05) is 19.1 Å². The lowest BCUT2D eigenvalue weighted by molar-refractivity contribution is 0.0423. The van der Waals surface area contributed by atoms with E-state index in [9.17, 15) is 4.79 Å². The maximum atomic E-state index is 12.3. The Morgan fingerprint density at radius 2 is 2.00 bits per heavy atom. The zero-order chi connectivity index (χ0) is 13.0. The first-order valence-electron chi connectivity index (χ1n) is 6.10. The molecule has 5 nitrogen and oxygen atoms in total. The maximum absolute atomic E-state index is 12.3. The number of ether oxygens (including phenoxy) is 1. The molecule has 0 spiro atoms. The molecule has 0 aromatic heterocycles. The van der Waals surface area contributed by atoms with Crippen LogP contribution >= 0.6 is 0 Å². The van der Waals surface area contributed by atoms with Crippen molar-refractivity contribution in [3.8, 4) is 0 Å². The van der Waals surface area contributed by atoms with E-state index in [1.165, 1.54) is 0 Å². The van der Waals surface area contributed by atoms with Gasteiger partial charge >= 0.3 is 0 Å². The van der Waals surface area contributed by atoms with Gasteiger partial charge in [0.1, 0.15) is 0 Å². The molecule has 1 aliphatic rings. The van der Waals surface area contributed by atoms with Crippen molar-refractivity contribution < 1.29 is 9.53 Å². The highest BCUT2D eigenvalue weighted by atomic mass is 16.5. The first-order chi connectivity index (χ1) is 8.64. The molecule has 0 atom stereocenters. The first kappa shape index (κ1) is 12.9. The SMILES string of the molecule is CC1(NC(=O)c2ccccc2NN)CCOCC1. The van der Waals surface area contributed by atoms with E-state index in [4.69, 9.17) is 10.6 Å². The van der Waals surface area contributed by atoms with Gasteiger partial charge in [0.15, 0.2) is 0 Å². The summed E-state index contributed by atoms with van der Waals surface area (Å²) < 4.78 is 5.31. The average molecular weight is 249 g/mol. The highest BCUT2D eigenvalue weighted by molar-refractivity contribution is 5.99. The van der Waals surface area contributed by atoms with Gasteiger partial charge in [0, 0.05) is 18.8 Å². The summed E-state index contributed by atoms with van der Waals surface area (Å²) in [6.45, 7) is 3.42. The van der Waals surface area contributed by atoms with Crippen LogP contribution in [0.4, 0.5) is 5.69 Å². The number of carbonyl (C=O) groups excluding carboxylic acids is 1. The molecule has 1 heterocycles. The Hall–Kier alpha value is -1.59. The summed E-state index contributed by atoms with van der Waals surface area (Å²) in [7, 11) is 0. The Morgan fingerprint density at radius 3 is 2.67 bits per heavy atom. The standard InChI is InChI=1S/C13H19N3O2/c1-13(6-8-18-9-7-13)15-12(17)10-4-2-3-5-11(10)16-14/h2-5,16H,6-9,14H2,1H3,(H,15,17). The van der Waals surface area contributed by atoms with E-state index in [1.54, 1.807) is 12.1 Å². The number of benzene rings is 1. The monoisotopic (exact) mass is 249 g/mol. The molecular weight excluding hydrogens is 230 g/mol. The van der Waals surface area contributed by atoms with E-state index in [2.05, 4.69) is 10.7 Å². The fourth-order valence-corrected chi connectivity index (χ4v) is 2.10. The number of nitrogens with one attached hydrogen (secondary N) is 2. The predicted molar refractivity (Wildman–Crippen MR) is 70.2 cm³/mol. The summed E-state index contributed by atoms with van der Waals surface area (Å²) in [6.07, 6.45) is 1.66. The number of carbonyl (C=O) groups is 1. The average Bonchev–Trinajstić information content (AvgIpc) is 2.39. The minimum Gasteiger partial charge on any atom is -0.381 e. The topological polar surface area (TPSA) is 76.4 Å². The molecule has 5 heteroatoms. The number of hydrazine groups is 1. The van der Waals surface area contributed by atoms with Crippen molar-refractivity contribution >= 4 is 11.6 Å². The van der Waals surface area contributed by atoms with Crippen molar-refractivity contribution in [2.24, 2.45) is 5.84 Å². The molecule has 1 fully saturated rings. The Kier molecular flexibility index (Phi) is 3.84. The van der Waals surface area contributed by atoms with Crippen LogP contribution in [0.2, 0.25) is 0 Å². The van der Waals surface area contributed by atoms with Gasteiger partial charge in [-0.1, -0.05) is 12.1 Å². The summed E-state index contributed by atoms with van der Waals surface area (Å²) in [4.78, 5) is 12.3. The number of para-hydroxylation sites is 1. The molecule has 0 aliphatic carbocycles. The number of hydrogen-bond donors (Lipinski definition) is 3. The molecule has 1 amide bonds. The Labute approximate surface area is 107 Å². The quantitative estimate of drug-likeness (QED) is 0.557. The van der Waals surface area contributed by atoms with E-state index < -0.39 is 0 Å². The van der Waals surface area contributed by atoms with Crippen LogP contribution in [0.15, 0.2) is 24.3 Å². The van der Waals surface area contributed by atoms with E-state index >= 15 is 0 Å².